The largest absolute Gasteiger partial charge is 0.467 e. The van der Waals surface area contributed by atoms with Gasteiger partial charge in [-0.25, -0.2) is 9.48 Å². The van der Waals surface area contributed by atoms with Crippen LogP contribution in [0, 0.1) is 17.8 Å². The van der Waals surface area contributed by atoms with Crippen LogP contribution in [-0.4, -0.2) is 39.8 Å². The van der Waals surface area contributed by atoms with Gasteiger partial charge in [-0.15, -0.1) is 0 Å². The maximum Gasteiger partial charge on any atom is 0.328 e. The fraction of sp³-hybridized carbons (Fsp3) is 0.217. The van der Waals surface area contributed by atoms with Crippen LogP contribution in [0.25, 0.3) is 5.69 Å². The Kier molecular flexibility index (Phi) is 6.60. The summed E-state index contributed by atoms with van der Waals surface area (Å²) in [5.74, 6) is 5.18. The molecule has 0 spiro atoms. The standard InChI is InChI=1S/C23H22N4O3/c1-16(2)21(23(29)30-3)26-22(28)19-9-10-20(27-13-5-12-25-27)18(14-19)8-7-17-6-4-11-24-15-17/h4-6,9-16,21H,1-3H3,(H,26,28). The molecule has 30 heavy (non-hydrogen) atoms. The number of aromatic nitrogens is 3. The molecule has 0 saturated carbocycles. The van der Waals surface area contributed by atoms with Crippen LogP contribution in [0.15, 0.2) is 61.2 Å². The van der Waals surface area contributed by atoms with Crippen LogP contribution in [-0.2, 0) is 9.53 Å². The van der Waals surface area contributed by atoms with Gasteiger partial charge in [-0.1, -0.05) is 25.7 Å². The van der Waals surface area contributed by atoms with Gasteiger partial charge in [0, 0.05) is 35.9 Å². The molecule has 1 atom stereocenters. The van der Waals surface area contributed by atoms with Gasteiger partial charge in [0.1, 0.15) is 6.04 Å². The number of esters is 1. The van der Waals surface area contributed by atoms with E-state index in [-0.39, 0.29) is 11.8 Å². The van der Waals surface area contributed by atoms with Crippen molar-refractivity contribution in [2.45, 2.75) is 19.9 Å². The minimum atomic E-state index is -0.738. The molecular formula is C23H22N4O3. The Bertz CT molecular complexity index is 1080. The zero-order valence-electron chi connectivity index (χ0n) is 17.0. The number of nitrogens with one attached hydrogen (secondary N) is 1. The van der Waals surface area contributed by atoms with Gasteiger partial charge in [0.05, 0.1) is 18.4 Å². The second-order valence-corrected chi connectivity index (χ2v) is 6.89. The van der Waals surface area contributed by atoms with Crippen molar-refractivity contribution in [3.8, 4) is 17.5 Å². The molecular weight excluding hydrogens is 380 g/mol. The van der Waals surface area contributed by atoms with E-state index in [0.717, 1.165) is 11.3 Å². The number of ether oxygens (including phenoxy) is 1. The Balaban J connectivity index is 1.96. The number of carbonyl (C=O) groups is 2. The van der Waals surface area contributed by atoms with E-state index in [4.69, 9.17) is 4.74 Å². The number of benzene rings is 1. The van der Waals surface area contributed by atoms with E-state index in [1.54, 1.807) is 53.7 Å². The van der Waals surface area contributed by atoms with E-state index in [1.807, 2.05) is 26.0 Å². The smallest absolute Gasteiger partial charge is 0.328 e. The summed E-state index contributed by atoms with van der Waals surface area (Å²) in [6.45, 7) is 3.68. The third-order valence-electron chi connectivity index (χ3n) is 4.42. The predicted molar refractivity (Wildman–Crippen MR) is 112 cm³/mol. The van der Waals surface area contributed by atoms with Crippen molar-refractivity contribution in [1.82, 2.24) is 20.1 Å². The lowest BCUT2D eigenvalue weighted by molar-refractivity contribution is -0.144. The summed E-state index contributed by atoms with van der Waals surface area (Å²) in [4.78, 5) is 28.8. The van der Waals surface area contributed by atoms with Gasteiger partial charge in [0.15, 0.2) is 0 Å². The molecule has 1 unspecified atom stereocenters. The highest BCUT2D eigenvalue weighted by atomic mass is 16.5. The number of hydrogen-bond donors (Lipinski definition) is 1. The number of methoxy groups -OCH3 is 1. The minimum Gasteiger partial charge on any atom is -0.467 e. The molecule has 0 bridgehead atoms. The van der Waals surface area contributed by atoms with Gasteiger partial charge in [-0.3, -0.25) is 9.78 Å². The highest BCUT2D eigenvalue weighted by Crippen LogP contribution is 2.16. The van der Waals surface area contributed by atoms with Gasteiger partial charge < -0.3 is 10.1 Å². The molecule has 2 aromatic heterocycles. The Morgan fingerprint density at radius 2 is 1.97 bits per heavy atom. The average molecular weight is 402 g/mol. The maximum atomic E-state index is 12.8. The van der Waals surface area contributed by atoms with Crippen molar-refractivity contribution < 1.29 is 14.3 Å². The molecule has 0 aliphatic carbocycles. The van der Waals surface area contributed by atoms with E-state index in [2.05, 4.69) is 27.2 Å². The van der Waals surface area contributed by atoms with E-state index < -0.39 is 12.0 Å². The number of nitrogens with zero attached hydrogens (tertiary/aromatic N) is 3. The molecule has 1 amide bonds. The molecule has 3 rings (SSSR count). The molecule has 0 fully saturated rings. The second kappa shape index (κ2) is 9.52. The van der Waals surface area contributed by atoms with Gasteiger partial charge in [0.2, 0.25) is 0 Å². The molecule has 0 aliphatic heterocycles. The first-order valence-corrected chi connectivity index (χ1v) is 9.44. The monoisotopic (exact) mass is 402 g/mol. The number of rotatable bonds is 5. The van der Waals surface area contributed by atoms with Crippen molar-refractivity contribution >= 4 is 11.9 Å². The van der Waals surface area contributed by atoms with Crippen LogP contribution < -0.4 is 5.32 Å². The first-order chi connectivity index (χ1) is 14.5. The van der Waals surface area contributed by atoms with E-state index in [0.29, 0.717) is 11.1 Å². The van der Waals surface area contributed by atoms with Crippen molar-refractivity contribution in [1.29, 1.82) is 0 Å². The Morgan fingerprint density at radius 3 is 2.60 bits per heavy atom. The van der Waals surface area contributed by atoms with Crippen LogP contribution in [0.2, 0.25) is 0 Å². The van der Waals surface area contributed by atoms with Crippen LogP contribution in [0.3, 0.4) is 0 Å². The van der Waals surface area contributed by atoms with Crippen molar-refractivity contribution in [2.75, 3.05) is 7.11 Å². The summed E-state index contributed by atoms with van der Waals surface area (Å²) < 4.78 is 6.48. The molecule has 0 saturated heterocycles. The van der Waals surface area contributed by atoms with Crippen LogP contribution in [0.1, 0.15) is 35.3 Å². The van der Waals surface area contributed by atoms with Crippen molar-refractivity contribution in [3.63, 3.8) is 0 Å². The topological polar surface area (TPSA) is 86.1 Å². The Morgan fingerprint density at radius 1 is 1.13 bits per heavy atom. The van der Waals surface area contributed by atoms with Crippen LogP contribution in [0.5, 0.6) is 0 Å². The zero-order valence-corrected chi connectivity index (χ0v) is 17.0. The third kappa shape index (κ3) is 4.92. The molecule has 152 valence electrons. The lowest BCUT2D eigenvalue weighted by Gasteiger charge is -2.20. The van der Waals surface area contributed by atoms with E-state index in [1.165, 1.54) is 7.11 Å². The molecule has 7 heteroatoms. The zero-order chi connectivity index (χ0) is 21.5. The fourth-order valence-corrected chi connectivity index (χ4v) is 2.81. The summed E-state index contributed by atoms with van der Waals surface area (Å²) in [6.07, 6.45) is 6.82. The summed E-state index contributed by atoms with van der Waals surface area (Å²) in [5.41, 5.74) is 2.50. The van der Waals surface area contributed by atoms with E-state index >= 15 is 0 Å². The number of amides is 1. The first kappa shape index (κ1) is 20.8. The number of carbonyl (C=O) groups excluding carboxylic acids is 2. The molecule has 1 aromatic carbocycles. The molecule has 7 nitrogen and oxygen atoms in total. The molecule has 3 aromatic rings. The van der Waals surface area contributed by atoms with Gasteiger partial charge in [-0.05, 0) is 42.3 Å². The summed E-state index contributed by atoms with van der Waals surface area (Å²) in [7, 11) is 1.30. The Hall–Kier alpha value is -3.92. The third-order valence-corrected chi connectivity index (χ3v) is 4.42. The van der Waals surface area contributed by atoms with Gasteiger partial charge in [-0.2, -0.15) is 5.10 Å². The van der Waals surface area contributed by atoms with Crippen molar-refractivity contribution in [2.24, 2.45) is 5.92 Å². The Labute approximate surface area is 175 Å². The summed E-state index contributed by atoms with van der Waals surface area (Å²) in [6, 6.07) is 9.87. The maximum absolute atomic E-state index is 12.8. The lowest BCUT2D eigenvalue weighted by atomic mass is 10.0. The highest BCUT2D eigenvalue weighted by molar-refractivity contribution is 5.97. The normalized spacial score (nSPS) is 11.3. The molecule has 2 heterocycles. The molecule has 0 radical (unpaired) electrons. The van der Waals surface area contributed by atoms with Crippen LogP contribution >= 0.6 is 0 Å². The molecule has 0 aliphatic rings. The summed E-state index contributed by atoms with van der Waals surface area (Å²) in [5, 5.41) is 7.00. The van der Waals surface area contributed by atoms with Gasteiger partial charge >= 0.3 is 5.97 Å². The number of pyridine rings is 1. The molecule has 1 N–H and O–H groups in total. The first-order valence-electron chi connectivity index (χ1n) is 9.44. The van der Waals surface area contributed by atoms with E-state index in [9.17, 15) is 9.59 Å². The average Bonchev–Trinajstić information content (AvgIpc) is 3.30. The lowest BCUT2D eigenvalue weighted by Crippen LogP contribution is -2.45. The SMILES string of the molecule is COC(=O)C(NC(=O)c1ccc(-n2cccn2)c(C#Cc2cccnc2)c1)C(C)C. The second-order valence-electron chi connectivity index (χ2n) is 6.89. The quantitative estimate of drug-likeness (QED) is 0.524. The number of hydrogen-bond acceptors (Lipinski definition) is 5. The predicted octanol–water partition coefficient (Wildman–Crippen LogP) is 2.59. The van der Waals surface area contributed by atoms with Crippen molar-refractivity contribution in [3.05, 3.63) is 77.9 Å². The minimum absolute atomic E-state index is 0.116. The fourth-order valence-electron chi connectivity index (χ4n) is 2.81. The summed E-state index contributed by atoms with van der Waals surface area (Å²) >= 11 is 0. The van der Waals surface area contributed by atoms with Gasteiger partial charge in [0.25, 0.3) is 5.91 Å². The highest BCUT2D eigenvalue weighted by Gasteiger charge is 2.25. The van der Waals surface area contributed by atoms with Crippen LogP contribution in [0.4, 0.5) is 0 Å².